The monoisotopic (exact) mass is 472 g/mol. The third-order valence-electron chi connectivity index (χ3n) is 6.85. The number of nitrogens with zero attached hydrogens (tertiary/aromatic N) is 2. The maximum Gasteiger partial charge on any atom is 0.319 e. The molecule has 2 N–H and O–H groups in total. The Hall–Kier alpha value is -3.32. The van der Waals surface area contributed by atoms with Crippen LogP contribution in [-0.4, -0.2) is 22.0 Å². The third kappa shape index (κ3) is 4.05. The number of benzene rings is 1. The van der Waals surface area contributed by atoms with Gasteiger partial charge in [0.15, 0.2) is 0 Å². The maximum absolute atomic E-state index is 15.1. The Bertz CT molecular complexity index is 1380. The molecule has 2 aliphatic rings. The van der Waals surface area contributed by atoms with E-state index in [2.05, 4.69) is 38.8 Å². The number of hydrogen-bond acceptors (Lipinski definition) is 4. The summed E-state index contributed by atoms with van der Waals surface area (Å²) in [7, 11) is 0. The van der Waals surface area contributed by atoms with Gasteiger partial charge in [0.25, 0.3) is 0 Å². The molecule has 3 aromatic heterocycles. The number of hydrogen-bond donors (Lipinski definition) is 2. The highest BCUT2D eigenvalue weighted by Crippen LogP contribution is 2.52. The Morgan fingerprint density at radius 2 is 1.82 bits per heavy atom. The summed E-state index contributed by atoms with van der Waals surface area (Å²) in [4.78, 5) is 22.2. The average molecular weight is 473 g/mol. The molecule has 2 unspecified atom stereocenters. The number of nitrogens with one attached hydrogen (secondary N) is 2. The lowest BCUT2D eigenvalue weighted by Gasteiger charge is -2.38. The van der Waals surface area contributed by atoms with Crippen molar-refractivity contribution in [3.8, 4) is 10.6 Å². The largest absolute Gasteiger partial charge is 0.335 e. The van der Waals surface area contributed by atoms with E-state index in [-0.39, 0.29) is 29.7 Å². The van der Waals surface area contributed by atoms with Crippen LogP contribution >= 0.6 is 11.3 Å². The van der Waals surface area contributed by atoms with E-state index in [1.165, 1.54) is 11.6 Å². The molecule has 4 aromatic rings. The lowest BCUT2D eigenvalue weighted by atomic mass is 9.67. The van der Waals surface area contributed by atoms with Crippen molar-refractivity contribution in [1.29, 1.82) is 0 Å². The zero-order chi connectivity index (χ0) is 23.2. The number of anilines is 1. The van der Waals surface area contributed by atoms with Crippen molar-refractivity contribution in [3.63, 3.8) is 0 Å². The van der Waals surface area contributed by atoms with E-state index in [0.717, 1.165) is 52.0 Å². The topological polar surface area (TPSA) is 66.9 Å². The number of thiophene rings is 1. The van der Waals surface area contributed by atoms with Gasteiger partial charge in [0, 0.05) is 24.1 Å². The Labute approximate surface area is 201 Å². The second-order valence-corrected chi connectivity index (χ2v) is 10.4. The molecule has 0 spiro atoms. The summed E-state index contributed by atoms with van der Waals surface area (Å²) >= 11 is 1.71. The first-order chi connectivity index (χ1) is 16.5. The number of rotatable bonds is 5. The van der Waals surface area contributed by atoms with Gasteiger partial charge in [-0.15, -0.1) is 11.3 Å². The normalized spacial score (nSPS) is 19.6. The van der Waals surface area contributed by atoms with Gasteiger partial charge in [-0.1, -0.05) is 12.1 Å². The summed E-state index contributed by atoms with van der Waals surface area (Å²) in [6.07, 6.45) is 7.72. The summed E-state index contributed by atoms with van der Waals surface area (Å²) < 4.78 is 16.3. The predicted molar refractivity (Wildman–Crippen MR) is 134 cm³/mol. The zero-order valence-corrected chi connectivity index (χ0v) is 19.7. The van der Waals surface area contributed by atoms with Crippen LogP contribution < -0.4 is 10.6 Å². The summed E-state index contributed by atoms with van der Waals surface area (Å²) in [5.74, 6) is 0.0948. The predicted octanol–water partition coefficient (Wildman–Crippen LogP) is 6.75. The molecule has 2 atom stereocenters. The van der Waals surface area contributed by atoms with Crippen molar-refractivity contribution in [2.45, 2.75) is 50.5 Å². The third-order valence-corrected chi connectivity index (χ3v) is 8.05. The van der Waals surface area contributed by atoms with Gasteiger partial charge in [-0.3, -0.25) is 9.97 Å². The minimum atomic E-state index is -0.271. The summed E-state index contributed by atoms with van der Waals surface area (Å²) in [6, 6.07) is 13.3. The number of amides is 2. The summed E-state index contributed by atoms with van der Waals surface area (Å²) in [5.41, 5.74) is 5.47. The minimum Gasteiger partial charge on any atom is -0.335 e. The van der Waals surface area contributed by atoms with Crippen molar-refractivity contribution < 1.29 is 9.18 Å². The number of halogens is 1. The Morgan fingerprint density at radius 1 is 1.00 bits per heavy atom. The molecule has 5 nitrogen and oxygen atoms in total. The molecule has 34 heavy (non-hydrogen) atoms. The molecule has 1 aromatic carbocycles. The first-order valence-corrected chi connectivity index (χ1v) is 12.6. The Morgan fingerprint density at radius 3 is 2.53 bits per heavy atom. The van der Waals surface area contributed by atoms with Gasteiger partial charge < -0.3 is 10.6 Å². The molecule has 0 radical (unpaired) electrons. The van der Waals surface area contributed by atoms with E-state index in [9.17, 15) is 4.79 Å². The summed E-state index contributed by atoms with van der Waals surface area (Å²) in [6.45, 7) is 2.03. The van der Waals surface area contributed by atoms with Gasteiger partial charge in [0.2, 0.25) is 0 Å². The number of carbonyl (C=O) groups excluding carboxylic acids is 1. The lowest BCUT2D eigenvalue weighted by Crippen LogP contribution is -2.30. The highest BCUT2D eigenvalue weighted by atomic mass is 32.1. The van der Waals surface area contributed by atoms with Gasteiger partial charge in [0.1, 0.15) is 5.82 Å². The zero-order valence-electron chi connectivity index (χ0n) is 18.8. The van der Waals surface area contributed by atoms with Crippen molar-refractivity contribution in [1.82, 2.24) is 15.3 Å². The highest BCUT2D eigenvalue weighted by molar-refractivity contribution is 7.22. The second kappa shape index (κ2) is 8.47. The van der Waals surface area contributed by atoms with Gasteiger partial charge >= 0.3 is 6.03 Å². The van der Waals surface area contributed by atoms with E-state index in [1.807, 2.05) is 31.5 Å². The smallest absolute Gasteiger partial charge is 0.319 e. The number of pyridine rings is 2. The maximum atomic E-state index is 15.1. The van der Waals surface area contributed by atoms with E-state index in [4.69, 9.17) is 0 Å². The fourth-order valence-corrected chi connectivity index (χ4v) is 5.89. The minimum absolute atomic E-state index is 0.114. The molecule has 2 aliphatic carbocycles. The van der Waals surface area contributed by atoms with E-state index < -0.39 is 0 Å². The van der Waals surface area contributed by atoms with Gasteiger partial charge in [0.05, 0.1) is 20.8 Å². The first-order valence-electron chi connectivity index (χ1n) is 11.7. The Kier molecular flexibility index (Phi) is 5.29. The number of aromatic nitrogens is 2. The van der Waals surface area contributed by atoms with Crippen LogP contribution in [0.5, 0.6) is 0 Å². The highest BCUT2D eigenvalue weighted by Gasteiger charge is 2.36. The van der Waals surface area contributed by atoms with Crippen molar-refractivity contribution >= 4 is 33.3 Å². The SMILES string of the molecule is Cc1ccc(-c2cc3nccc(C4CCC4c4ccc(NC(=O)NC5CC5)cc4F)c3s2)nc1. The molecule has 2 amide bonds. The Balaban J connectivity index is 1.26. The molecule has 2 saturated carbocycles. The molecule has 0 saturated heterocycles. The van der Waals surface area contributed by atoms with Crippen molar-refractivity contribution in [2.75, 3.05) is 5.32 Å². The molecule has 3 heterocycles. The van der Waals surface area contributed by atoms with Crippen LogP contribution in [0.1, 0.15) is 54.2 Å². The molecular weight excluding hydrogens is 447 g/mol. The molecular formula is C27H25FN4OS. The van der Waals surface area contributed by atoms with Crippen LogP contribution in [0.2, 0.25) is 0 Å². The van der Waals surface area contributed by atoms with Crippen LogP contribution in [0, 0.1) is 12.7 Å². The molecule has 172 valence electrons. The van der Waals surface area contributed by atoms with Crippen molar-refractivity contribution in [3.05, 3.63) is 77.4 Å². The van der Waals surface area contributed by atoms with E-state index in [0.29, 0.717) is 11.3 Å². The number of aryl methyl sites for hydroxylation is 1. The quantitative estimate of drug-likeness (QED) is 0.338. The van der Waals surface area contributed by atoms with Gasteiger partial charge in [-0.25, -0.2) is 9.18 Å². The first kappa shape index (κ1) is 21.2. The van der Waals surface area contributed by atoms with Crippen molar-refractivity contribution in [2.24, 2.45) is 0 Å². The molecule has 0 aliphatic heterocycles. The summed E-state index contributed by atoms with van der Waals surface area (Å²) in [5, 5.41) is 5.60. The van der Waals surface area contributed by atoms with Crippen LogP contribution in [0.25, 0.3) is 20.8 Å². The molecule has 6 rings (SSSR count). The van der Waals surface area contributed by atoms with Gasteiger partial charge in [-0.05, 0) is 91.5 Å². The standard InChI is InChI=1S/C27H25FN4OS/c1-15-2-9-23(30-14-15)25-13-24-26(34-25)21(10-11-29-24)19-8-7-18(19)20-6-5-17(12-22(20)28)32-27(33)31-16-3-4-16/h2,5-6,9-14,16,18-19H,3-4,7-8H2,1H3,(H2,31,32,33). The van der Waals surface area contributed by atoms with E-state index >= 15 is 4.39 Å². The molecule has 0 bridgehead atoms. The number of fused-ring (bicyclic) bond motifs is 1. The second-order valence-electron chi connectivity index (χ2n) is 9.35. The average Bonchev–Trinajstić information content (AvgIpc) is 3.49. The van der Waals surface area contributed by atoms with Crippen LogP contribution in [0.15, 0.2) is 54.9 Å². The lowest BCUT2D eigenvalue weighted by molar-refractivity contribution is 0.251. The molecule has 2 fully saturated rings. The fourth-order valence-electron chi connectivity index (χ4n) is 4.72. The fraction of sp³-hybridized carbons (Fsp3) is 0.296. The van der Waals surface area contributed by atoms with Crippen LogP contribution in [0.4, 0.5) is 14.9 Å². The number of carbonyl (C=O) groups is 1. The van der Waals surface area contributed by atoms with Gasteiger partial charge in [-0.2, -0.15) is 0 Å². The van der Waals surface area contributed by atoms with Crippen LogP contribution in [-0.2, 0) is 0 Å². The molecule has 7 heteroatoms. The van der Waals surface area contributed by atoms with Crippen LogP contribution in [0.3, 0.4) is 0 Å². The van der Waals surface area contributed by atoms with E-state index in [1.54, 1.807) is 17.4 Å². The number of urea groups is 1.